The monoisotopic (exact) mass is 200 g/mol. The van der Waals surface area contributed by atoms with Gasteiger partial charge in [-0.05, 0) is 18.2 Å². The van der Waals surface area contributed by atoms with E-state index in [1.807, 2.05) is 0 Å². The minimum atomic E-state index is 0.313. The maximum atomic E-state index is 5.81. The smallest absolute Gasteiger partial charge is 0.168 e. The predicted octanol–water partition coefficient (Wildman–Crippen LogP) is 2.02. The van der Waals surface area contributed by atoms with Crippen molar-refractivity contribution >= 4 is 28.5 Å². The van der Waals surface area contributed by atoms with Crippen molar-refractivity contribution in [3.8, 4) is 0 Å². The Labute approximate surface area is 80.7 Å². The van der Waals surface area contributed by atoms with Gasteiger partial charge < -0.3 is 4.90 Å². The van der Waals surface area contributed by atoms with E-state index >= 15 is 0 Å². The lowest BCUT2D eigenvalue weighted by atomic mass is 10.3. The Hall–Kier alpha value is -0.150. The van der Waals surface area contributed by atoms with Crippen molar-refractivity contribution in [3.63, 3.8) is 0 Å². The molecular weight excluding hydrogens is 192 g/mol. The second-order valence-corrected chi connectivity index (χ2v) is 4.67. The molecule has 2 aliphatic heterocycles. The van der Waals surface area contributed by atoms with Gasteiger partial charge in [0.05, 0.1) is 18.0 Å². The van der Waals surface area contributed by atoms with Crippen LogP contribution in [0.15, 0.2) is 16.1 Å². The van der Waals surface area contributed by atoms with E-state index in [4.69, 9.17) is 11.6 Å². The first kappa shape index (κ1) is 7.27. The molecule has 0 radical (unpaired) electrons. The van der Waals surface area contributed by atoms with E-state index in [-0.39, 0.29) is 0 Å². The third-order valence-corrected chi connectivity index (χ3v) is 3.81. The molecule has 0 aromatic carbocycles. The summed E-state index contributed by atoms with van der Waals surface area (Å²) in [6, 6.07) is 0. The van der Waals surface area contributed by atoms with Gasteiger partial charge in [-0.3, -0.25) is 4.99 Å². The van der Waals surface area contributed by atoms with Crippen molar-refractivity contribution in [2.75, 3.05) is 12.4 Å². The molecule has 0 aromatic heterocycles. The van der Waals surface area contributed by atoms with Gasteiger partial charge in [0.25, 0.3) is 0 Å². The Morgan fingerprint density at radius 1 is 1.67 bits per heavy atom. The number of aliphatic imine (C=N–C) groups is 1. The number of amidine groups is 1. The van der Waals surface area contributed by atoms with Crippen LogP contribution in [0.25, 0.3) is 0 Å². The van der Waals surface area contributed by atoms with Crippen LogP contribution in [0.2, 0.25) is 0 Å². The summed E-state index contributed by atoms with van der Waals surface area (Å²) in [5, 5.41) is 3.28. The zero-order chi connectivity index (χ0) is 8.18. The van der Waals surface area contributed by atoms with Crippen LogP contribution in [0.4, 0.5) is 0 Å². The van der Waals surface area contributed by atoms with E-state index in [2.05, 4.69) is 15.3 Å². The van der Waals surface area contributed by atoms with E-state index in [0.717, 1.165) is 6.54 Å². The lowest BCUT2D eigenvalue weighted by molar-refractivity contribution is 0.506. The highest BCUT2D eigenvalue weighted by Gasteiger charge is 2.50. The Morgan fingerprint density at radius 2 is 2.50 bits per heavy atom. The summed E-state index contributed by atoms with van der Waals surface area (Å²) in [6.07, 6.45) is 2.53. The van der Waals surface area contributed by atoms with Gasteiger partial charge in [0, 0.05) is 5.70 Å². The zero-order valence-corrected chi connectivity index (χ0v) is 8.16. The molecule has 2 nitrogen and oxygen atoms in total. The molecule has 0 aromatic rings. The van der Waals surface area contributed by atoms with E-state index < -0.39 is 0 Å². The highest BCUT2D eigenvalue weighted by Crippen LogP contribution is 2.48. The number of halogens is 1. The summed E-state index contributed by atoms with van der Waals surface area (Å²) >= 11 is 7.53. The second kappa shape index (κ2) is 2.20. The molecule has 12 heavy (non-hydrogen) atoms. The average molecular weight is 201 g/mol. The van der Waals surface area contributed by atoms with Gasteiger partial charge in [-0.1, -0.05) is 11.8 Å². The summed E-state index contributed by atoms with van der Waals surface area (Å²) in [5.74, 6) is 0.613. The number of thioether (sulfide) groups is 1. The molecule has 1 saturated carbocycles. The van der Waals surface area contributed by atoms with Crippen molar-refractivity contribution in [3.05, 3.63) is 11.1 Å². The molecule has 3 rings (SSSR count). The molecule has 64 valence electrons. The maximum Gasteiger partial charge on any atom is 0.168 e. The first-order valence-electron chi connectivity index (χ1n) is 4.12. The van der Waals surface area contributed by atoms with Crippen LogP contribution in [0, 0.1) is 0 Å². The van der Waals surface area contributed by atoms with Gasteiger partial charge in [-0.2, -0.15) is 0 Å². The molecule has 0 unspecified atom stereocenters. The van der Waals surface area contributed by atoms with Crippen LogP contribution in [0.3, 0.4) is 0 Å². The minimum Gasteiger partial charge on any atom is -0.321 e. The Morgan fingerprint density at radius 3 is 3.17 bits per heavy atom. The zero-order valence-electron chi connectivity index (χ0n) is 6.59. The number of hydrogen-bond acceptors (Lipinski definition) is 3. The van der Waals surface area contributed by atoms with Gasteiger partial charge in [0.15, 0.2) is 5.17 Å². The molecule has 1 fully saturated rings. The highest BCUT2D eigenvalue weighted by atomic mass is 35.5. The van der Waals surface area contributed by atoms with Crippen LogP contribution in [0.5, 0.6) is 0 Å². The molecule has 0 atom stereocenters. The quantitative estimate of drug-likeness (QED) is 0.602. The van der Waals surface area contributed by atoms with E-state index in [9.17, 15) is 0 Å². The summed E-state index contributed by atoms with van der Waals surface area (Å²) < 4.78 is 0. The predicted molar refractivity (Wildman–Crippen MR) is 52.5 cm³/mol. The third kappa shape index (κ3) is 0.866. The molecule has 3 aliphatic rings. The van der Waals surface area contributed by atoms with Crippen LogP contribution in [0.1, 0.15) is 12.8 Å². The van der Waals surface area contributed by atoms with Crippen molar-refractivity contribution in [2.45, 2.75) is 18.4 Å². The van der Waals surface area contributed by atoms with Gasteiger partial charge in [0.1, 0.15) is 0 Å². The van der Waals surface area contributed by atoms with Crippen molar-refractivity contribution in [2.24, 2.45) is 4.99 Å². The van der Waals surface area contributed by atoms with Crippen LogP contribution in [-0.2, 0) is 0 Å². The fraction of sp³-hybridized carbons (Fsp3) is 0.625. The first-order valence-corrected chi connectivity index (χ1v) is 5.53. The first-order chi connectivity index (χ1) is 5.83. The molecule has 1 spiro atoms. The molecular formula is C8H9ClN2S. The number of rotatable bonds is 1. The number of allylic oxidation sites excluding steroid dienone is 1. The lowest BCUT2D eigenvalue weighted by Gasteiger charge is -2.15. The van der Waals surface area contributed by atoms with Crippen LogP contribution >= 0.6 is 23.4 Å². The Bertz CT molecular complexity index is 293. The number of nitrogens with zero attached hydrogens (tertiary/aromatic N) is 2. The maximum absolute atomic E-state index is 5.81. The fourth-order valence-corrected chi connectivity index (χ4v) is 3.00. The SMILES string of the molecule is ClCC1=CSC2=NC3(CC3)CN12. The molecule has 0 N–H and O–H groups in total. The lowest BCUT2D eigenvalue weighted by Crippen LogP contribution is -2.25. The summed E-state index contributed by atoms with van der Waals surface area (Å²) in [5.41, 5.74) is 1.54. The molecule has 0 bridgehead atoms. The van der Waals surface area contributed by atoms with E-state index in [1.54, 1.807) is 11.8 Å². The van der Waals surface area contributed by atoms with E-state index in [1.165, 1.54) is 23.7 Å². The minimum absolute atomic E-state index is 0.313. The van der Waals surface area contributed by atoms with Crippen LogP contribution in [-0.4, -0.2) is 28.0 Å². The van der Waals surface area contributed by atoms with Gasteiger partial charge in [-0.25, -0.2) is 0 Å². The largest absolute Gasteiger partial charge is 0.321 e. The standard InChI is InChI=1S/C8H9ClN2S/c9-3-6-4-12-7-10-8(1-2-8)5-11(6)7/h4H,1-3,5H2. The molecule has 0 amide bonds. The fourth-order valence-electron chi connectivity index (χ4n) is 1.68. The molecule has 1 aliphatic carbocycles. The highest BCUT2D eigenvalue weighted by molar-refractivity contribution is 8.16. The summed E-state index contributed by atoms with van der Waals surface area (Å²) in [6.45, 7) is 1.08. The average Bonchev–Trinajstić information content (AvgIpc) is 2.52. The van der Waals surface area contributed by atoms with Crippen molar-refractivity contribution < 1.29 is 0 Å². The number of alkyl halides is 1. The Balaban J connectivity index is 1.90. The number of fused-ring (bicyclic) bond motifs is 1. The molecule has 4 heteroatoms. The normalized spacial score (nSPS) is 28.9. The molecule has 2 heterocycles. The summed E-state index contributed by atoms with van der Waals surface area (Å²) in [4.78, 5) is 6.96. The van der Waals surface area contributed by atoms with Gasteiger partial charge >= 0.3 is 0 Å². The Kier molecular flexibility index (Phi) is 1.34. The third-order valence-electron chi connectivity index (χ3n) is 2.63. The topological polar surface area (TPSA) is 15.6 Å². The molecule has 0 saturated heterocycles. The van der Waals surface area contributed by atoms with Crippen molar-refractivity contribution in [1.82, 2.24) is 4.90 Å². The van der Waals surface area contributed by atoms with Gasteiger partial charge in [-0.15, -0.1) is 11.6 Å². The number of hydrogen-bond donors (Lipinski definition) is 0. The van der Waals surface area contributed by atoms with Crippen molar-refractivity contribution in [1.29, 1.82) is 0 Å². The van der Waals surface area contributed by atoms with Gasteiger partial charge in [0.2, 0.25) is 0 Å². The summed E-state index contributed by atoms with van der Waals surface area (Å²) in [7, 11) is 0. The van der Waals surface area contributed by atoms with E-state index in [0.29, 0.717) is 11.4 Å². The second-order valence-electron chi connectivity index (χ2n) is 3.57. The van der Waals surface area contributed by atoms with Crippen LogP contribution < -0.4 is 0 Å².